The summed E-state index contributed by atoms with van der Waals surface area (Å²) in [5, 5.41) is 12.7. The van der Waals surface area contributed by atoms with E-state index >= 15 is 0 Å². The smallest absolute Gasteiger partial charge is 0.244 e. The first kappa shape index (κ1) is 13.5. The highest BCUT2D eigenvalue weighted by Gasteiger charge is 2.33. The molecule has 1 aliphatic rings. The zero-order valence-electron chi connectivity index (χ0n) is 10.5. The van der Waals surface area contributed by atoms with Crippen LogP contribution in [0.5, 0.6) is 0 Å². The molecule has 0 aromatic carbocycles. The van der Waals surface area contributed by atoms with E-state index in [4.69, 9.17) is 5.11 Å². The third-order valence-electron chi connectivity index (χ3n) is 3.34. The molecule has 0 aliphatic heterocycles. The van der Waals surface area contributed by atoms with Crippen molar-refractivity contribution in [2.75, 3.05) is 6.61 Å². The second-order valence-corrected chi connectivity index (χ2v) is 6.72. The standard InChI is InChI=1S/C11H19N3O3S/c1-11(4-2-3-5-11)13-18(16,17)10-8-12-14(9-10)6-7-15/h8-9,13,15H,2-7H2,1H3. The van der Waals surface area contributed by atoms with Crippen molar-refractivity contribution < 1.29 is 13.5 Å². The average molecular weight is 273 g/mol. The van der Waals surface area contributed by atoms with Gasteiger partial charge in [-0.25, -0.2) is 13.1 Å². The summed E-state index contributed by atoms with van der Waals surface area (Å²) in [7, 11) is -3.51. The van der Waals surface area contributed by atoms with Gasteiger partial charge in [-0.2, -0.15) is 5.10 Å². The van der Waals surface area contributed by atoms with E-state index < -0.39 is 10.0 Å². The maximum Gasteiger partial charge on any atom is 0.244 e. The lowest BCUT2D eigenvalue weighted by atomic mass is 10.0. The second kappa shape index (κ2) is 4.99. The summed E-state index contributed by atoms with van der Waals surface area (Å²) in [5.74, 6) is 0. The van der Waals surface area contributed by atoms with Gasteiger partial charge in [-0.15, -0.1) is 0 Å². The van der Waals surface area contributed by atoms with Crippen molar-refractivity contribution in [2.45, 2.75) is 49.6 Å². The van der Waals surface area contributed by atoms with Crippen molar-refractivity contribution in [3.63, 3.8) is 0 Å². The van der Waals surface area contributed by atoms with Crippen LogP contribution in [0.15, 0.2) is 17.3 Å². The lowest BCUT2D eigenvalue weighted by Gasteiger charge is -2.24. The summed E-state index contributed by atoms with van der Waals surface area (Å²) >= 11 is 0. The van der Waals surface area contributed by atoms with Crippen LogP contribution in [0.1, 0.15) is 32.6 Å². The van der Waals surface area contributed by atoms with E-state index in [2.05, 4.69) is 9.82 Å². The van der Waals surface area contributed by atoms with Crippen LogP contribution in [0.4, 0.5) is 0 Å². The Kier molecular flexibility index (Phi) is 3.74. The van der Waals surface area contributed by atoms with Crippen LogP contribution < -0.4 is 4.72 Å². The third-order valence-corrected chi connectivity index (χ3v) is 4.93. The van der Waals surface area contributed by atoms with Crippen LogP contribution in [0.2, 0.25) is 0 Å². The molecule has 7 heteroatoms. The molecule has 1 saturated carbocycles. The molecule has 0 amide bonds. The number of sulfonamides is 1. The quantitative estimate of drug-likeness (QED) is 0.817. The molecule has 6 nitrogen and oxygen atoms in total. The number of rotatable bonds is 5. The fourth-order valence-electron chi connectivity index (χ4n) is 2.35. The molecule has 18 heavy (non-hydrogen) atoms. The minimum absolute atomic E-state index is 0.0632. The van der Waals surface area contributed by atoms with Gasteiger partial charge < -0.3 is 5.11 Å². The molecule has 0 spiro atoms. The van der Waals surface area contributed by atoms with Gasteiger partial charge in [-0.1, -0.05) is 12.8 Å². The molecule has 1 aromatic heterocycles. The lowest BCUT2D eigenvalue weighted by Crippen LogP contribution is -2.43. The molecule has 0 atom stereocenters. The molecule has 0 saturated heterocycles. The minimum Gasteiger partial charge on any atom is -0.394 e. The molecule has 1 aliphatic carbocycles. The SMILES string of the molecule is CC1(NS(=O)(=O)c2cnn(CCO)c2)CCCC1. The van der Waals surface area contributed by atoms with Crippen molar-refractivity contribution in [1.82, 2.24) is 14.5 Å². The molecule has 2 N–H and O–H groups in total. The summed E-state index contributed by atoms with van der Waals surface area (Å²) < 4.78 is 28.5. The molecule has 102 valence electrons. The van der Waals surface area contributed by atoms with E-state index in [-0.39, 0.29) is 17.0 Å². The molecule has 1 heterocycles. The van der Waals surface area contributed by atoms with Crippen LogP contribution in [0, 0.1) is 0 Å². The van der Waals surface area contributed by atoms with Gasteiger partial charge in [-0.05, 0) is 19.8 Å². The van der Waals surface area contributed by atoms with Crippen LogP contribution >= 0.6 is 0 Å². The number of hydrogen-bond acceptors (Lipinski definition) is 4. The van der Waals surface area contributed by atoms with Crippen LogP contribution in [0.3, 0.4) is 0 Å². The van der Waals surface area contributed by atoms with Gasteiger partial charge in [0.1, 0.15) is 4.90 Å². The Labute approximate surface area is 107 Å². The Balaban J connectivity index is 2.14. The van der Waals surface area contributed by atoms with Gasteiger partial charge in [-0.3, -0.25) is 4.68 Å². The van der Waals surface area contributed by atoms with E-state index in [9.17, 15) is 8.42 Å². The average Bonchev–Trinajstić information content (AvgIpc) is 2.87. The highest BCUT2D eigenvalue weighted by Crippen LogP contribution is 2.30. The Hall–Kier alpha value is -0.920. The summed E-state index contributed by atoms with van der Waals surface area (Å²) in [6, 6.07) is 0. The Morgan fingerprint density at radius 1 is 1.50 bits per heavy atom. The van der Waals surface area contributed by atoms with Crippen LogP contribution in [0.25, 0.3) is 0 Å². The second-order valence-electron chi connectivity index (χ2n) is 5.04. The Morgan fingerprint density at radius 3 is 2.78 bits per heavy atom. The van der Waals surface area contributed by atoms with Gasteiger partial charge in [0, 0.05) is 11.7 Å². The van der Waals surface area contributed by atoms with Crippen molar-refractivity contribution >= 4 is 10.0 Å². The predicted octanol–water partition coefficient (Wildman–Crippen LogP) is 0.486. The van der Waals surface area contributed by atoms with Crippen LogP contribution in [-0.4, -0.2) is 35.5 Å². The fourth-order valence-corrected chi connectivity index (χ4v) is 3.77. The van der Waals surface area contributed by atoms with Crippen LogP contribution in [-0.2, 0) is 16.6 Å². The molecule has 1 fully saturated rings. The van der Waals surface area contributed by atoms with E-state index in [1.54, 1.807) is 0 Å². The third kappa shape index (κ3) is 2.90. The molecule has 0 radical (unpaired) electrons. The van der Waals surface area contributed by atoms with Gasteiger partial charge >= 0.3 is 0 Å². The summed E-state index contributed by atoms with van der Waals surface area (Å²) in [4.78, 5) is 0.157. The van der Waals surface area contributed by atoms with E-state index in [0.717, 1.165) is 25.7 Å². The van der Waals surface area contributed by atoms with Gasteiger partial charge in [0.25, 0.3) is 0 Å². The van der Waals surface area contributed by atoms with E-state index in [0.29, 0.717) is 6.54 Å². The Morgan fingerprint density at radius 2 is 2.17 bits per heavy atom. The monoisotopic (exact) mass is 273 g/mol. The van der Waals surface area contributed by atoms with Gasteiger partial charge in [0.2, 0.25) is 10.0 Å². The van der Waals surface area contributed by atoms with Crippen molar-refractivity contribution in [3.8, 4) is 0 Å². The first-order valence-corrected chi connectivity index (χ1v) is 7.61. The van der Waals surface area contributed by atoms with Gasteiger partial charge in [0.15, 0.2) is 0 Å². The number of aromatic nitrogens is 2. The highest BCUT2D eigenvalue weighted by molar-refractivity contribution is 7.89. The number of hydrogen-bond donors (Lipinski definition) is 2. The molecular formula is C11H19N3O3S. The largest absolute Gasteiger partial charge is 0.394 e. The fraction of sp³-hybridized carbons (Fsp3) is 0.727. The molecule has 2 rings (SSSR count). The number of aliphatic hydroxyl groups excluding tert-OH is 1. The van der Waals surface area contributed by atoms with Crippen molar-refractivity contribution in [2.24, 2.45) is 0 Å². The number of nitrogens with zero attached hydrogens (tertiary/aromatic N) is 2. The van der Waals surface area contributed by atoms with E-state index in [1.165, 1.54) is 17.1 Å². The first-order valence-electron chi connectivity index (χ1n) is 6.12. The first-order chi connectivity index (χ1) is 8.45. The number of aliphatic hydroxyl groups is 1. The Bertz CT molecular complexity index is 503. The lowest BCUT2D eigenvalue weighted by molar-refractivity contribution is 0.269. The maximum atomic E-state index is 12.2. The van der Waals surface area contributed by atoms with Gasteiger partial charge in [0.05, 0.1) is 19.3 Å². The maximum absolute atomic E-state index is 12.2. The zero-order chi connectivity index (χ0) is 13.2. The zero-order valence-corrected chi connectivity index (χ0v) is 11.3. The minimum atomic E-state index is -3.51. The number of nitrogens with one attached hydrogen (secondary N) is 1. The summed E-state index contributed by atoms with van der Waals surface area (Å²) in [6.07, 6.45) is 6.62. The summed E-state index contributed by atoms with van der Waals surface area (Å²) in [6.45, 7) is 2.18. The predicted molar refractivity (Wildman–Crippen MR) is 66.5 cm³/mol. The molecule has 0 bridgehead atoms. The molecule has 1 aromatic rings. The van der Waals surface area contributed by atoms with E-state index in [1.807, 2.05) is 6.92 Å². The normalized spacial score (nSPS) is 19.2. The molecular weight excluding hydrogens is 254 g/mol. The highest BCUT2D eigenvalue weighted by atomic mass is 32.2. The van der Waals surface area contributed by atoms with Crippen molar-refractivity contribution in [3.05, 3.63) is 12.4 Å². The van der Waals surface area contributed by atoms with Crippen molar-refractivity contribution in [1.29, 1.82) is 0 Å². The topological polar surface area (TPSA) is 84.2 Å². The summed E-state index contributed by atoms with van der Waals surface area (Å²) in [5.41, 5.74) is -0.335. The molecule has 0 unspecified atom stereocenters.